The van der Waals surface area contributed by atoms with Crippen molar-refractivity contribution in [2.24, 2.45) is 0 Å². The van der Waals surface area contributed by atoms with Crippen LogP contribution in [0.1, 0.15) is 18.6 Å². The second-order valence-electron chi connectivity index (χ2n) is 3.16. The molecule has 0 amide bonds. The highest BCUT2D eigenvalue weighted by Crippen LogP contribution is 2.26. The third-order valence-corrected chi connectivity index (χ3v) is 6.09. The van der Waals surface area contributed by atoms with E-state index in [1.54, 1.807) is 31.2 Å². The van der Waals surface area contributed by atoms with E-state index < -0.39 is 20.1 Å². The molecule has 1 rings (SSSR count). The minimum absolute atomic E-state index is 0.00676. The molecule has 2 atom stereocenters. The standard InChI is InChI=1S/C10H13BrO3S/c1-2-15(13,14)10(11)9(12)8-6-4-3-5-7-8/h3-7,9-10,12H,2H2,1H3/t9-,10+/m1/s1. The first kappa shape index (κ1) is 12.7. The van der Waals surface area contributed by atoms with E-state index in [1.807, 2.05) is 6.07 Å². The largest absolute Gasteiger partial charge is 0.386 e. The van der Waals surface area contributed by atoms with Gasteiger partial charge >= 0.3 is 0 Å². The third-order valence-electron chi connectivity index (χ3n) is 2.13. The van der Waals surface area contributed by atoms with Crippen LogP contribution in [0.2, 0.25) is 0 Å². The van der Waals surface area contributed by atoms with Crippen LogP contribution in [0.4, 0.5) is 0 Å². The van der Waals surface area contributed by atoms with Crippen molar-refractivity contribution in [2.45, 2.75) is 17.2 Å². The summed E-state index contributed by atoms with van der Waals surface area (Å²) in [6.45, 7) is 1.56. The third kappa shape index (κ3) is 3.03. The summed E-state index contributed by atoms with van der Waals surface area (Å²) >= 11 is 3.02. The predicted octanol–water partition coefficient (Wildman–Crippen LogP) is 1.88. The average molecular weight is 293 g/mol. The smallest absolute Gasteiger partial charge is 0.165 e. The van der Waals surface area contributed by atoms with Gasteiger partial charge in [0, 0.05) is 5.75 Å². The second-order valence-corrected chi connectivity index (χ2v) is 7.16. The summed E-state index contributed by atoms with van der Waals surface area (Å²) in [5.41, 5.74) is 0.594. The average Bonchev–Trinajstić information content (AvgIpc) is 2.28. The van der Waals surface area contributed by atoms with Gasteiger partial charge in [-0.25, -0.2) is 8.42 Å². The van der Waals surface area contributed by atoms with Crippen LogP contribution in [0.25, 0.3) is 0 Å². The molecule has 0 heterocycles. The zero-order chi connectivity index (χ0) is 11.5. The molecule has 0 unspecified atom stereocenters. The number of sulfone groups is 1. The van der Waals surface area contributed by atoms with Gasteiger partial charge in [0.1, 0.15) is 10.3 Å². The van der Waals surface area contributed by atoms with E-state index in [2.05, 4.69) is 15.9 Å². The maximum atomic E-state index is 11.5. The fraction of sp³-hybridized carbons (Fsp3) is 0.400. The Balaban J connectivity index is 2.92. The van der Waals surface area contributed by atoms with Crippen molar-refractivity contribution in [2.75, 3.05) is 5.75 Å². The molecule has 0 spiro atoms. The molecule has 1 aromatic carbocycles. The molecule has 5 heteroatoms. The summed E-state index contributed by atoms with van der Waals surface area (Å²) in [5.74, 6) is 0.00676. The molecule has 0 aliphatic carbocycles. The van der Waals surface area contributed by atoms with Crippen molar-refractivity contribution >= 4 is 25.8 Å². The van der Waals surface area contributed by atoms with Gasteiger partial charge in [-0.15, -0.1) is 0 Å². The molecule has 1 N–H and O–H groups in total. The number of hydrogen-bond acceptors (Lipinski definition) is 3. The minimum atomic E-state index is -3.28. The maximum absolute atomic E-state index is 11.5. The van der Waals surface area contributed by atoms with Gasteiger partial charge in [-0.2, -0.15) is 0 Å². The van der Waals surface area contributed by atoms with Crippen LogP contribution >= 0.6 is 15.9 Å². The van der Waals surface area contributed by atoms with E-state index in [9.17, 15) is 13.5 Å². The zero-order valence-corrected chi connectivity index (χ0v) is 10.7. The van der Waals surface area contributed by atoms with Gasteiger partial charge in [0.25, 0.3) is 0 Å². The van der Waals surface area contributed by atoms with Gasteiger partial charge in [0.15, 0.2) is 9.84 Å². The van der Waals surface area contributed by atoms with E-state index in [1.165, 1.54) is 0 Å². The highest BCUT2D eigenvalue weighted by Gasteiger charge is 2.29. The molecule has 0 saturated carbocycles. The fourth-order valence-corrected chi connectivity index (χ4v) is 3.12. The number of benzene rings is 1. The SMILES string of the molecule is CCS(=O)(=O)[C@H](Br)[C@H](O)c1ccccc1. The van der Waals surface area contributed by atoms with Crippen LogP contribution in [0, 0.1) is 0 Å². The summed E-state index contributed by atoms with van der Waals surface area (Å²) < 4.78 is 22.1. The zero-order valence-electron chi connectivity index (χ0n) is 8.30. The van der Waals surface area contributed by atoms with Crippen LogP contribution in [0.15, 0.2) is 30.3 Å². The summed E-state index contributed by atoms with van der Waals surface area (Å²) in [4.78, 5) is 0. The Morgan fingerprint density at radius 2 is 1.87 bits per heavy atom. The van der Waals surface area contributed by atoms with Gasteiger partial charge in [0.2, 0.25) is 0 Å². The predicted molar refractivity (Wildman–Crippen MR) is 63.6 cm³/mol. The number of alkyl halides is 1. The Morgan fingerprint density at radius 1 is 1.33 bits per heavy atom. The Labute approximate surface area is 98.2 Å². The van der Waals surface area contributed by atoms with Gasteiger partial charge in [0.05, 0.1) is 0 Å². The lowest BCUT2D eigenvalue weighted by Gasteiger charge is -2.17. The lowest BCUT2D eigenvalue weighted by molar-refractivity contribution is 0.195. The van der Waals surface area contributed by atoms with Crippen molar-refractivity contribution in [3.8, 4) is 0 Å². The van der Waals surface area contributed by atoms with Crippen LogP contribution in [0.5, 0.6) is 0 Å². The summed E-state index contributed by atoms with van der Waals surface area (Å²) in [6.07, 6.45) is -1.03. The molecule has 0 radical (unpaired) electrons. The Hall–Kier alpha value is -0.390. The number of rotatable bonds is 4. The van der Waals surface area contributed by atoms with Crippen molar-refractivity contribution in [3.05, 3.63) is 35.9 Å². The number of aliphatic hydroxyl groups is 1. The monoisotopic (exact) mass is 292 g/mol. The van der Waals surface area contributed by atoms with Crippen molar-refractivity contribution in [3.63, 3.8) is 0 Å². The van der Waals surface area contributed by atoms with E-state index in [0.717, 1.165) is 0 Å². The van der Waals surface area contributed by atoms with Crippen LogP contribution in [-0.2, 0) is 9.84 Å². The lowest BCUT2D eigenvalue weighted by atomic mass is 10.1. The normalized spacial score (nSPS) is 15.9. The van der Waals surface area contributed by atoms with Crippen molar-refractivity contribution in [1.82, 2.24) is 0 Å². The second kappa shape index (κ2) is 5.09. The first-order valence-electron chi connectivity index (χ1n) is 4.57. The van der Waals surface area contributed by atoms with E-state index >= 15 is 0 Å². The molecule has 0 aromatic heterocycles. The summed E-state index contributed by atoms with van der Waals surface area (Å²) in [7, 11) is -3.28. The van der Waals surface area contributed by atoms with Crippen molar-refractivity contribution in [1.29, 1.82) is 0 Å². The van der Waals surface area contributed by atoms with E-state index in [-0.39, 0.29) is 5.75 Å². The van der Waals surface area contributed by atoms with Gasteiger partial charge in [-0.3, -0.25) is 0 Å². The molecular formula is C10H13BrO3S. The molecule has 0 aliphatic heterocycles. The maximum Gasteiger partial charge on any atom is 0.165 e. The van der Waals surface area contributed by atoms with Crippen molar-refractivity contribution < 1.29 is 13.5 Å². The van der Waals surface area contributed by atoms with E-state index in [0.29, 0.717) is 5.56 Å². The van der Waals surface area contributed by atoms with Crippen LogP contribution in [-0.4, -0.2) is 23.4 Å². The molecule has 15 heavy (non-hydrogen) atoms. The lowest BCUT2D eigenvalue weighted by Crippen LogP contribution is -2.24. The quantitative estimate of drug-likeness (QED) is 0.862. The minimum Gasteiger partial charge on any atom is -0.386 e. The number of halogens is 1. The summed E-state index contributed by atoms with van der Waals surface area (Å²) in [5, 5.41) is 9.83. The van der Waals surface area contributed by atoms with E-state index in [4.69, 9.17) is 0 Å². The highest BCUT2D eigenvalue weighted by atomic mass is 79.9. The number of aliphatic hydroxyl groups excluding tert-OH is 1. The Morgan fingerprint density at radius 3 is 2.33 bits per heavy atom. The first-order valence-corrected chi connectivity index (χ1v) is 7.21. The number of hydrogen-bond donors (Lipinski definition) is 1. The molecule has 3 nitrogen and oxygen atoms in total. The highest BCUT2D eigenvalue weighted by molar-refractivity contribution is 9.11. The van der Waals surface area contributed by atoms with Gasteiger partial charge in [-0.1, -0.05) is 53.2 Å². The summed E-state index contributed by atoms with van der Waals surface area (Å²) in [6, 6.07) is 8.73. The molecular weight excluding hydrogens is 280 g/mol. The molecule has 0 aliphatic rings. The molecule has 84 valence electrons. The van der Waals surface area contributed by atoms with Gasteiger partial charge in [-0.05, 0) is 5.56 Å². The van der Waals surface area contributed by atoms with Gasteiger partial charge < -0.3 is 5.11 Å². The topological polar surface area (TPSA) is 54.4 Å². The van der Waals surface area contributed by atoms with Crippen LogP contribution < -0.4 is 0 Å². The first-order chi connectivity index (χ1) is 6.99. The fourth-order valence-electron chi connectivity index (χ4n) is 1.16. The Kier molecular flexibility index (Phi) is 4.31. The van der Waals surface area contributed by atoms with Crippen LogP contribution in [0.3, 0.4) is 0 Å². The molecule has 0 bridgehead atoms. The molecule has 0 saturated heterocycles. The molecule has 0 fully saturated rings. The Bertz CT molecular complexity index is 402. The molecule has 1 aromatic rings.